The number of hydrogen-bond donors (Lipinski definition) is 0. The van der Waals surface area contributed by atoms with Gasteiger partial charge in [0.15, 0.2) is 5.78 Å². The second-order valence-corrected chi connectivity index (χ2v) is 6.32. The average molecular weight is 304 g/mol. The van der Waals surface area contributed by atoms with Crippen molar-refractivity contribution in [3.8, 4) is 0 Å². The molecule has 1 aromatic rings. The summed E-state index contributed by atoms with van der Waals surface area (Å²) in [4.78, 5) is 36.4. The van der Waals surface area contributed by atoms with Gasteiger partial charge in [-0.3, -0.25) is 9.59 Å². The Morgan fingerprint density at radius 2 is 1.73 bits per heavy atom. The summed E-state index contributed by atoms with van der Waals surface area (Å²) in [6.07, 6.45) is -0.369. The molecule has 0 saturated heterocycles. The van der Waals surface area contributed by atoms with Gasteiger partial charge in [-0.15, -0.1) is 0 Å². The minimum atomic E-state index is -1.40. The number of carbonyl (C=O) groups excluding carboxylic acids is 3. The van der Waals surface area contributed by atoms with Gasteiger partial charge in [0.05, 0.1) is 0 Å². The van der Waals surface area contributed by atoms with Gasteiger partial charge in [0.1, 0.15) is 11.1 Å². The quantitative estimate of drug-likeness (QED) is 0.785. The number of ether oxygens (including phenoxy) is 1. The van der Waals surface area contributed by atoms with Gasteiger partial charge < -0.3 is 4.74 Å². The van der Waals surface area contributed by atoms with Crippen molar-refractivity contribution in [3.63, 3.8) is 0 Å². The lowest BCUT2D eigenvalue weighted by Crippen LogP contribution is -2.56. The molecule has 0 spiro atoms. The van der Waals surface area contributed by atoms with Crippen LogP contribution in [0.4, 0.5) is 4.79 Å². The van der Waals surface area contributed by atoms with Crippen molar-refractivity contribution in [2.75, 3.05) is 0 Å². The number of imide groups is 1. The Kier molecular flexibility index (Phi) is 5.47. The highest BCUT2D eigenvalue weighted by Gasteiger charge is 2.42. The van der Waals surface area contributed by atoms with E-state index in [-0.39, 0.29) is 6.42 Å². The molecular weight excluding hydrogens is 282 g/mol. The van der Waals surface area contributed by atoms with Crippen molar-refractivity contribution in [2.24, 2.45) is 0 Å². The van der Waals surface area contributed by atoms with Crippen LogP contribution in [0.3, 0.4) is 0 Å². The summed E-state index contributed by atoms with van der Waals surface area (Å²) in [5.41, 5.74) is -1.35. The lowest BCUT2D eigenvalue weighted by molar-refractivity contribution is -0.134. The second kappa shape index (κ2) is 6.73. The Bertz CT molecular complexity index is 548. The van der Waals surface area contributed by atoms with E-state index in [1.165, 1.54) is 6.92 Å². The molecule has 0 aliphatic heterocycles. The standard InChI is InChI=1S/C17H22NO4/c1-13(20)17(5,11-14-9-7-6-8-10-14)18(12-19)15(21)22-16(2,3)4/h6-10,12H,1,11H2,2-5H3/t17-/m1/s1. The lowest BCUT2D eigenvalue weighted by Gasteiger charge is -2.36. The normalized spacial score (nSPS) is 13.9. The van der Waals surface area contributed by atoms with Crippen LogP contribution in [0.2, 0.25) is 0 Å². The van der Waals surface area contributed by atoms with Crippen LogP contribution in [0.5, 0.6) is 0 Å². The van der Waals surface area contributed by atoms with E-state index in [1.807, 2.05) is 30.3 Å². The average Bonchev–Trinajstić information content (AvgIpc) is 2.38. The largest absolute Gasteiger partial charge is 0.443 e. The van der Waals surface area contributed by atoms with E-state index >= 15 is 0 Å². The zero-order valence-corrected chi connectivity index (χ0v) is 13.5. The van der Waals surface area contributed by atoms with E-state index < -0.39 is 23.0 Å². The Morgan fingerprint density at radius 3 is 2.14 bits per heavy atom. The van der Waals surface area contributed by atoms with Crippen molar-refractivity contribution in [2.45, 2.75) is 45.3 Å². The summed E-state index contributed by atoms with van der Waals surface area (Å²) < 4.78 is 5.20. The van der Waals surface area contributed by atoms with Crippen LogP contribution >= 0.6 is 0 Å². The monoisotopic (exact) mass is 304 g/mol. The Hall–Kier alpha value is -2.17. The van der Waals surface area contributed by atoms with Gasteiger partial charge in [-0.1, -0.05) is 30.3 Å². The summed E-state index contributed by atoms with van der Waals surface area (Å²) in [7, 11) is 0. The van der Waals surface area contributed by atoms with Crippen LogP contribution < -0.4 is 0 Å². The van der Waals surface area contributed by atoms with Crippen molar-refractivity contribution in [3.05, 3.63) is 42.8 Å². The first-order chi connectivity index (χ1) is 10.1. The van der Waals surface area contributed by atoms with Crippen LogP contribution in [-0.2, 0) is 20.7 Å². The molecule has 0 heterocycles. The molecule has 119 valence electrons. The van der Waals surface area contributed by atoms with Crippen molar-refractivity contribution < 1.29 is 19.1 Å². The molecule has 0 aliphatic rings. The van der Waals surface area contributed by atoms with Gasteiger partial charge in [0.2, 0.25) is 6.41 Å². The fraction of sp³-hybridized carbons (Fsp3) is 0.412. The van der Waals surface area contributed by atoms with E-state index in [1.54, 1.807) is 20.8 Å². The first-order valence-corrected chi connectivity index (χ1v) is 6.98. The third-order valence-corrected chi connectivity index (χ3v) is 3.22. The van der Waals surface area contributed by atoms with Gasteiger partial charge in [-0.2, -0.15) is 0 Å². The van der Waals surface area contributed by atoms with Gasteiger partial charge in [0.25, 0.3) is 0 Å². The molecule has 0 aromatic heterocycles. The molecule has 5 nitrogen and oxygen atoms in total. The molecule has 22 heavy (non-hydrogen) atoms. The summed E-state index contributed by atoms with van der Waals surface area (Å²) >= 11 is 0. The first-order valence-electron chi connectivity index (χ1n) is 6.98. The fourth-order valence-electron chi connectivity index (χ4n) is 1.98. The molecule has 1 rings (SSSR count). The lowest BCUT2D eigenvalue weighted by atomic mass is 9.88. The van der Waals surface area contributed by atoms with Crippen molar-refractivity contribution in [1.82, 2.24) is 4.90 Å². The Balaban J connectivity index is 3.12. The van der Waals surface area contributed by atoms with E-state index in [0.717, 1.165) is 10.5 Å². The molecule has 5 heteroatoms. The Labute approximate surface area is 131 Å². The molecule has 1 atom stereocenters. The number of carbonyl (C=O) groups is 3. The summed E-state index contributed by atoms with van der Waals surface area (Å²) in [5, 5.41) is 0. The SMILES string of the molecule is [CH2]C(=O)[C@@](C)(Cc1ccccc1)N(C=O)C(=O)OC(C)(C)C. The third kappa shape index (κ3) is 4.41. The van der Waals surface area contributed by atoms with E-state index in [0.29, 0.717) is 6.41 Å². The molecule has 0 unspecified atom stereocenters. The predicted octanol–water partition coefficient (Wildman–Crippen LogP) is 2.78. The summed E-state index contributed by atoms with van der Waals surface area (Å²) in [6.45, 7) is 9.98. The minimum absolute atomic E-state index is 0.175. The van der Waals surface area contributed by atoms with Gasteiger partial charge in [0, 0.05) is 13.3 Å². The van der Waals surface area contributed by atoms with Crippen molar-refractivity contribution >= 4 is 18.3 Å². The molecule has 0 fully saturated rings. The third-order valence-electron chi connectivity index (χ3n) is 3.22. The fourth-order valence-corrected chi connectivity index (χ4v) is 1.98. The number of Topliss-reactive ketones (excluding diaryl/α,β-unsaturated/α-hetero) is 1. The molecule has 2 amide bonds. The number of rotatable bonds is 5. The molecule has 0 saturated carbocycles. The zero-order chi connectivity index (χ0) is 17.0. The summed E-state index contributed by atoms with van der Waals surface area (Å²) in [6, 6.07) is 9.13. The smallest absolute Gasteiger partial charge is 0.417 e. The van der Waals surface area contributed by atoms with Crippen LogP contribution in [0.15, 0.2) is 30.3 Å². The second-order valence-electron chi connectivity index (χ2n) is 6.32. The van der Waals surface area contributed by atoms with Crippen LogP contribution in [0.25, 0.3) is 0 Å². The molecular formula is C17H22NO4. The van der Waals surface area contributed by atoms with Crippen LogP contribution in [0, 0.1) is 6.92 Å². The first kappa shape index (κ1) is 17.9. The molecule has 0 aliphatic carbocycles. The highest BCUT2D eigenvalue weighted by Crippen LogP contribution is 2.23. The molecule has 0 bridgehead atoms. The van der Waals surface area contributed by atoms with Crippen LogP contribution in [0.1, 0.15) is 33.3 Å². The highest BCUT2D eigenvalue weighted by molar-refractivity contribution is 5.98. The van der Waals surface area contributed by atoms with E-state index in [4.69, 9.17) is 4.74 Å². The number of hydrogen-bond acceptors (Lipinski definition) is 4. The molecule has 1 radical (unpaired) electrons. The maximum Gasteiger partial charge on any atom is 0.417 e. The zero-order valence-electron chi connectivity index (χ0n) is 13.5. The number of amides is 2. The minimum Gasteiger partial charge on any atom is -0.443 e. The number of nitrogens with zero attached hydrogens (tertiary/aromatic N) is 1. The van der Waals surface area contributed by atoms with Gasteiger partial charge >= 0.3 is 6.09 Å². The van der Waals surface area contributed by atoms with Gasteiger partial charge in [-0.25, -0.2) is 9.69 Å². The highest BCUT2D eigenvalue weighted by atomic mass is 16.6. The maximum atomic E-state index is 12.2. The van der Waals surface area contributed by atoms with E-state index in [9.17, 15) is 14.4 Å². The summed E-state index contributed by atoms with van der Waals surface area (Å²) in [5.74, 6) is -0.533. The molecule has 1 aromatic carbocycles. The predicted molar refractivity (Wildman–Crippen MR) is 83.1 cm³/mol. The Morgan fingerprint density at radius 1 is 1.18 bits per heavy atom. The number of ketones is 1. The topological polar surface area (TPSA) is 63.7 Å². The molecule has 0 N–H and O–H groups in total. The van der Waals surface area contributed by atoms with Crippen molar-refractivity contribution in [1.29, 1.82) is 0 Å². The number of benzene rings is 1. The van der Waals surface area contributed by atoms with Crippen LogP contribution in [-0.4, -0.2) is 34.3 Å². The maximum absolute atomic E-state index is 12.2. The van der Waals surface area contributed by atoms with Gasteiger partial charge in [-0.05, 0) is 33.3 Å². The van der Waals surface area contributed by atoms with E-state index in [2.05, 4.69) is 6.92 Å².